The lowest BCUT2D eigenvalue weighted by molar-refractivity contribution is -0.137. The van der Waals surface area contributed by atoms with Crippen molar-refractivity contribution in [2.24, 2.45) is 5.92 Å². The molecule has 1 saturated heterocycles. The lowest BCUT2D eigenvalue weighted by Gasteiger charge is -2.39. The fourth-order valence-electron chi connectivity index (χ4n) is 5.07. The Hall–Kier alpha value is -2.27. The first-order valence-corrected chi connectivity index (χ1v) is 14.6. The van der Waals surface area contributed by atoms with Crippen LogP contribution in [-0.4, -0.2) is 62.9 Å². The smallest absolute Gasteiger partial charge is 0.303 e. The highest BCUT2D eigenvalue weighted by Crippen LogP contribution is 2.30. The first kappa shape index (κ1) is 30.3. The van der Waals surface area contributed by atoms with Gasteiger partial charge in [0.2, 0.25) is 10.0 Å². The van der Waals surface area contributed by atoms with E-state index in [-0.39, 0.29) is 17.4 Å². The zero-order valence-electron chi connectivity index (χ0n) is 22.2. The monoisotopic (exact) mass is 553 g/mol. The number of sulfonamides is 1. The Morgan fingerprint density at radius 2 is 1.79 bits per heavy atom. The molecule has 6 nitrogen and oxygen atoms in total. The lowest BCUT2D eigenvalue weighted by atomic mass is 9.94. The fraction of sp³-hybridized carbons (Fsp3) is 0.536. The van der Waals surface area contributed by atoms with Gasteiger partial charge in [-0.2, -0.15) is 17.9 Å². The minimum Gasteiger partial charge on any atom is -0.303 e. The zero-order valence-corrected chi connectivity index (χ0v) is 23.1. The van der Waals surface area contributed by atoms with Crippen LogP contribution in [0.1, 0.15) is 49.8 Å². The summed E-state index contributed by atoms with van der Waals surface area (Å²) < 4.78 is 67.8. The predicted molar refractivity (Wildman–Crippen MR) is 142 cm³/mol. The van der Waals surface area contributed by atoms with Gasteiger partial charge in [0.1, 0.15) is 6.29 Å². The van der Waals surface area contributed by atoms with Crippen molar-refractivity contribution in [3.8, 4) is 0 Å². The Bertz CT molecular complexity index is 1150. The van der Waals surface area contributed by atoms with Gasteiger partial charge in [-0.3, -0.25) is 4.90 Å². The van der Waals surface area contributed by atoms with E-state index in [4.69, 9.17) is 0 Å². The summed E-state index contributed by atoms with van der Waals surface area (Å²) in [5.74, 6) is 0.376. The van der Waals surface area contributed by atoms with Gasteiger partial charge in [-0.1, -0.05) is 42.8 Å². The average molecular weight is 554 g/mol. The van der Waals surface area contributed by atoms with Gasteiger partial charge in [0.05, 0.1) is 16.6 Å². The van der Waals surface area contributed by atoms with Gasteiger partial charge in [0.15, 0.2) is 0 Å². The number of hydrogen-bond acceptors (Lipinski definition) is 5. The molecule has 38 heavy (non-hydrogen) atoms. The summed E-state index contributed by atoms with van der Waals surface area (Å²) >= 11 is 0. The summed E-state index contributed by atoms with van der Waals surface area (Å²) in [4.78, 5) is 15.8. The normalized spacial score (nSPS) is 17.4. The zero-order chi connectivity index (χ0) is 27.9. The van der Waals surface area contributed by atoms with E-state index in [1.807, 2.05) is 18.7 Å². The number of carbonyl (C=O) groups excluding carboxylic acids is 1. The highest BCUT2D eigenvalue weighted by Gasteiger charge is 2.31. The van der Waals surface area contributed by atoms with Gasteiger partial charge >= 0.3 is 6.18 Å². The van der Waals surface area contributed by atoms with Crippen LogP contribution in [0.25, 0.3) is 0 Å². The minimum atomic E-state index is -4.35. The van der Waals surface area contributed by atoms with E-state index in [0.29, 0.717) is 31.0 Å². The Morgan fingerprint density at radius 3 is 2.37 bits per heavy atom. The highest BCUT2D eigenvalue weighted by atomic mass is 32.2. The molecule has 1 aliphatic heterocycles. The van der Waals surface area contributed by atoms with Gasteiger partial charge in [0, 0.05) is 19.0 Å². The number of nitrogens with one attached hydrogen (secondary N) is 1. The Labute approximate surface area is 224 Å². The summed E-state index contributed by atoms with van der Waals surface area (Å²) in [5.41, 5.74) is 0.999. The molecule has 0 aliphatic carbocycles. The topological polar surface area (TPSA) is 69.7 Å². The number of hydrogen-bond donors (Lipinski definition) is 1. The summed E-state index contributed by atoms with van der Waals surface area (Å²) in [6.07, 6.45) is -1.95. The van der Waals surface area contributed by atoms with E-state index >= 15 is 0 Å². The van der Waals surface area contributed by atoms with Gasteiger partial charge in [-0.25, -0.2) is 8.42 Å². The van der Waals surface area contributed by atoms with Gasteiger partial charge in [-0.05, 0) is 82.4 Å². The van der Waals surface area contributed by atoms with E-state index in [1.165, 1.54) is 12.1 Å². The molecular formula is C28H38F3N3O3S. The van der Waals surface area contributed by atoms with Crippen LogP contribution in [0.4, 0.5) is 13.2 Å². The number of carbonyl (C=O) groups is 1. The first-order valence-electron chi connectivity index (χ1n) is 13.1. The van der Waals surface area contributed by atoms with E-state index in [9.17, 15) is 26.4 Å². The molecule has 2 aromatic carbocycles. The number of aldehydes is 1. The standard InChI is InChI=1S/C28H38F3N3O3S/c1-4-33(22(3)18-24-6-5-7-25(19-24)28(29,30)31)20-23-12-15-34(16-13-23)27(14-17-35)32-38(36,37)26-10-8-21(2)9-11-26/h5-11,17,19,22-23,27,32H,4,12-16,18,20H2,1-3H3. The summed E-state index contributed by atoms with van der Waals surface area (Å²) in [6.45, 7) is 8.88. The lowest BCUT2D eigenvalue weighted by Crippen LogP contribution is -2.52. The number of benzene rings is 2. The van der Waals surface area contributed by atoms with Crippen molar-refractivity contribution in [1.29, 1.82) is 0 Å². The Balaban J connectivity index is 1.57. The van der Waals surface area contributed by atoms with Crippen molar-refractivity contribution in [1.82, 2.24) is 14.5 Å². The third-order valence-corrected chi connectivity index (χ3v) is 8.81. The minimum absolute atomic E-state index is 0.0604. The molecule has 1 heterocycles. The van der Waals surface area contributed by atoms with Crippen LogP contribution in [0.2, 0.25) is 0 Å². The number of likely N-dealkylation sites (tertiary alicyclic amines) is 1. The van der Waals surface area contributed by atoms with Crippen LogP contribution in [-0.2, 0) is 27.4 Å². The van der Waals surface area contributed by atoms with Crippen LogP contribution in [0.3, 0.4) is 0 Å². The van der Waals surface area contributed by atoms with Crippen LogP contribution < -0.4 is 4.72 Å². The van der Waals surface area contributed by atoms with Gasteiger partial charge in [0.25, 0.3) is 0 Å². The number of piperidine rings is 1. The molecule has 210 valence electrons. The third kappa shape index (κ3) is 8.36. The van der Waals surface area contributed by atoms with Crippen molar-refractivity contribution < 1.29 is 26.4 Å². The van der Waals surface area contributed by atoms with E-state index in [0.717, 1.165) is 43.8 Å². The molecule has 0 aromatic heterocycles. The number of rotatable bonds is 12. The largest absolute Gasteiger partial charge is 0.416 e. The molecule has 1 fully saturated rings. The van der Waals surface area contributed by atoms with Gasteiger partial charge in [-0.15, -0.1) is 0 Å². The SMILES string of the molecule is CCN(CC1CCN(C(CC=O)NS(=O)(=O)c2ccc(C)cc2)CC1)C(C)Cc1cccc(C(F)(F)F)c1. The summed E-state index contributed by atoms with van der Waals surface area (Å²) in [5, 5.41) is 0. The molecule has 3 rings (SSSR count). The molecule has 0 radical (unpaired) electrons. The predicted octanol–water partition coefficient (Wildman–Crippen LogP) is 4.87. The summed E-state index contributed by atoms with van der Waals surface area (Å²) in [6, 6.07) is 12.2. The number of halogens is 3. The van der Waals surface area contributed by atoms with Gasteiger partial charge < -0.3 is 9.69 Å². The number of nitrogens with zero attached hydrogens (tertiary/aromatic N) is 2. The second-order valence-corrected chi connectivity index (χ2v) is 11.9. The number of likely N-dealkylation sites (N-methyl/N-ethyl adjacent to an activating group) is 1. The van der Waals surface area contributed by atoms with Crippen LogP contribution in [0, 0.1) is 12.8 Å². The highest BCUT2D eigenvalue weighted by molar-refractivity contribution is 7.89. The second kappa shape index (κ2) is 13.2. The number of aryl methyl sites for hydroxylation is 1. The molecule has 1 N–H and O–H groups in total. The van der Waals surface area contributed by atoms with Crippen LogP contribution >= 0.6 is 0 Å². The summed E-state index contributed by atoms with van der Waals surface area (Å²) in [7, 11) is -3.77. The molecule has 0 spiro atoms. The van der Waals surface area contributed by atoms with E-state index in [2.05, 4.69) is 16.5 Å². The molecule has 2 unspecified atom stereocenters. The average Bonchev–Trinajstić information content (AvgIpc) is 2.87. The van der Waals surface area contributed by atoms with E-state index < -0.39 is 27.9 Å². The molecule has 0 bridgehead atoms. The van der Waals surface area contributed by atoms with Crippen molar-refractivity contribution >= 4 is 16.3 Å². The maximum absolute atomic E-state index is 13.1. The quantitative estimate of drug-likeness (QED) is 0.380. The number of alkyl halides is 3. The van der Waals surface area contributed by atoms with Crippen molar-refractivity contribution in [3.05, 3.63) is 65.2 Å². The Morgan fingerprint density at radius 1 is 1.13 bits per heavy atom. The molecule has 2 atom stereocenters. The van der Waals surface area contributed by atoms with Crippen molar-refractivity contribution in [2.45, 2.75) is 69.7 Å². The van der Waals surface area contributed by atoms with Crippen molar-refractivity contribution in [3.63, 3.8) is 0 Å². The second-order valence-electron chi connectivity index (χ2n) is 10.2. The maximum Gasteiger partial charge on any atom is 0.416 e. The molecular weight excluding hydrogens is 515 g/mol. The maximum atomic E-state index is 13.1. The molecule has 10 heteroatoms. The first-order chi connectivity index (χ1) is 17.9. The van der Waals surface area contributed by atoms with Crippen LogP contribution in [0.5, 0.6) is 0 Å². The Kier molecular flexibility index (Phi) is 10.5. The van der Waals surface area contributed by atoms with E-state index in [1.54, 1.807) is 30.3 Å². The van der Waals surface area contributed by atoms with Crippen molar-refractivity contribution in [2.75, 3.05) is 26.2 Å². The third-order valence-electron chi connectivity index (χ3n) is 7.34. The van der Waals surface area contributed by atoms with Crippen LogP contribution in [0.15, 0.2) is 53.4 Å². The molecule has 0 saturated carbocycles. The molecule has 1 aliphatic rings. The fourth-order valence-corrected chi connectivity index (χ4v) is 6.31. The molecule has 0 amide bonds. The molecule has 2 aromatic rings.